The predicted molar refractivity (Wildman–Crippen MR) is 62.1 cm³/mol. The minimum absolute atomic E-state index is 0.00275. The average Bonchev–Trinajstić information content (AvgIpc) is 2.43. The zero-order valence-electron chi connectivity index (χ0n) is 10.2. The molecule has 4 nitrogen and oxygen atoms in total. The standard InChI is InChI=1S/C13H8F3NO3/c1-19-8-4-2-3-5-9(8)20-13(18)7-6-10(14)17-12(16)11(7)15/h2-6H,1H3. The SMILES string of the molecule is COc1ccccc1OC(=O)c1cc(F)nc(F)c1F. The number of carbonyl (C=O) groups is 1. The predicted octanol–water partition coefficient (Wildman–Crippen LogP) is 2.73. The molecular weight excluding hydrogens is 275 g/mol. The zero-order chi connectivity index (χ0) is 14.7. The Morgan fingerprint density at radius 3 is 2.45 bits per heavy atom. The first kappa shape index (κ1) is 13.9. The molecule has 0 unspecified atom stereocenters. The molecule has 2 rings (SSSR count). The van der Waals surface area contributed by atoms with Crippen molar-refractivity contribution in [2.45, 2.75) is 0 Å². The molecule has 0 aliphatic rings. The lowest BCUT2D eigenvalue weighted by atomic mass is 10.2. The molecule has 0 saturated heterocycles. The number of rotatable bonds is 3. The lowest BCUT2D eigenvalue weighted by Crippen LogP contribution is -2.14. The van der Waals surface area contributed by atoms with Crippen LogP contribution >= 0.6 is 0 Å². The second-order valence-electron chi connectivity index (χ2n) is 3.64. The van der Waals surface area contributed by atoms with Crippen molar-refractivity contribution in [2.24, 2.45) is 0 Å². The van der Waals surface area contributed by atoms with E-state index in [1.165, 1.54) is 19.2 Å². The Balaban J connectivity index is 2.33. The third kappa shape index (κ3) is 2.71. The molecule has 0 fully saturated rings. The Morgan fingerprint density at radius 2 is 1.80 bits per heavy atom. The number of pyridine rings is 1. The maximum absolute atomic E-state index is 13.4. The van der Waals surface area contributed by atoms with E-state index in [1.807, 2.05) is 0 Å². The number of esters is 1. The van der Waals surface area contributed by atoms with Crippen molar-refractivity contribution in [1.82, 2.24) is 4.98 Å². The van der Waals surface area contributed by atoms with E-state index in [1.54, 1.807) is 12.1 Å². The minimum atomic E-state index is -1.71. The van der Waals surface area contributed by atoms with Crippen LogP contribution in [-0.4, -0.2) is 18.1 Å². The van der Waals surface area contributed by atoms with E-state index >= 15 is 0 Å². The first-order valence-electron chi connectivity index (χ1n) is 5.39. The summed E-state index contributed by atoms with van der Waals surface area (Å²) in [5.74, 6) is -5.65. The van der Waals surface area contributed by atoms with Crippen molar-refractivity contribution < 1.29 is 27.4 Å². The number of para-hydroxylation sites is 2. The van der Waals surface area contributed by atoms with E-state index < -0.39 is 29.2 Å². The summed E-state index contributed by atoms with van der Waals surface area (Å²) in [6.45, 7) is 0. The first-order valence-corrected chi connectivity index (χ1v) is 5.39. The minimum Gasteiger partial charge on any atom is -0.493 e. The van der Waals surface area contributed by atoms with Crippen molar-refractivity contribution in [3.8, 4) is 11.5 Å². The second kappa shape index (κ2) is 5.60. The van der Waals surface area contributed by atoms with Gasteiger partial charge in [0, 0.05) is 6.07 Å². The van der Waals surface area contributed by atoms with E-state index in [2.05, 4.69) is 4.98 Å². The van der Waals surface area contributed by atoms with Crippen molar-refractivity contribution in [3.63, 3.8) is 0 Å². The molecule has 7 heteroatoms. The molecule has 2 aromatic rings. The highest BCUT2D eigenvalue weighted by molar-refractivity contribution is 5.91. The van der Waals surface area contributed by atoms with Gasteiger partial charge in [-0.25, -0.2) is 9.18 Å². The van der Waals surface area contributed by atoms with Crippen LogP contribution in [-0.2, 0) is 0 Å². The number of halogens is 3. The normalized spacial score (nSPS) is 10.2. The van der Waals surface area contributed by atoms with Crippen molar-refractivity contribution in [3.05, 3.63) is 53.6 Å². The monoisotopic (exact) mass is 283 g/mol. The molecule has 0 bridgehead atoms. The number of benzene rings is 1. The van der Waals surface area contributed by atoms with E-state index in [4.69, 9.17) is 9.47 Å². The first-order chi connectivity index (χ1) is 9.52. The Morgan fingerprint density at radius 1 is 1.15 bits per heavy atom. The number of aromatic nitrogens is 1. The summed E-state index contributed by atoms with van der Waals surface area (Å²) >= 11 is 0. The molecule has 20 heavy (non-hydrogen) atoms. The highest BCUT2D eigenvalue weighted by Gasteiger charge is 2.21. The van der Waals surface area contributed by atoms with Gasteiger partial charge in [-0.2, -0.15) is 13.8 Å². The molecule has 0 radical (unpaired) electrons. The van der Waals surface area contributed by atoms with Crippen LogP contribution in [0.4, 0.5) is 13.2 Å². The third-order valence-corrected chi connectivity index (χ3v) is 2.38. The van der Waals surface area contributed by atoms with Crippen LogP contribution in [0.2, 0.25) is 0 Å². The van der Waals surface area contributed by atoms with Gasteiger partial charge in [-0.15, -0.1) is 0 Å². The van der Waals surface area contributed by atoms with Gasteiger partial charge < -0.3 is 9.47 Å². The number of nitrogens with zero attached hydrogens (tertiary/aromatic N) is 1. The van der Waals surface area contributed by atoms with Gasteiger partial charge >= 0.3 is 5.97 Å². The lowest BCUT2D eigenvalue weighted by molar-refractivity contribution is 0.0722. The second-order valence-corrected chi connectivity index (χ2v) is 3.64. The van der Waals surface area contributed by atoms with Crippen molar-refractivity contribution in [1.29, 1.82) is 0 Å². The Hall–Kier alpha value is -2.57. The van der Waals surface area contributed by atoms with E-state index in [9.17, 15) is 18.0 Å². The summed E-state index contributed by atoms with van der Waals surface area (Å²) in [7, 11) is 1.35. The van der Waals surface area contributed by atoms with Gasteiger partial charge in [0.1, 0.15) is 5.56 Å². The largest absolute Gasteiger partial charge is 0.493 e. The highest BCUT2D eigenvalue weighted by atomic mass is 19.2. The molecule has 104 valence electrons. The number of hydrogen-bond donors (Lipinski definition) is 0. The highest BCUT2D eigenvalue weighted by Crippen LogP contribution is 2.27. The van der Waals surface area contributed by atoms with Crippen molar-refractivity contribution >= 4 is 5.97 Å². The van der Waals surface area contributed by atoms with Crippen LogP contribution in [0.3, 0.4) is 0 Å². The van der Waals surface area contributed by atoms with Gasteiger partial charge in [0.25, 0.3) is 5.95 Å². The summed E-state index contributed by atoms with van der Waals surface area (Å²) in [4.78, 5) is 14.3. The fraction of sp³-hybridized carbons (Fsp3) is 0.0769. The molecule has 1 heterocycles. The fourth-order valence-electron chi connectivity index (χ4n) is 1.48. The van der Waals surface area contributed by atoms with Crippen LogP contribution in [0.1, 0.15) is 10.4 Å². The number of carbonyl (C=O) groups excluding carboxylic acids is 1. The molecule has 1 aromatic carbocycles. The summed E-state index contributed by atoms with van der Waals surface area (Å²) in [6.07, 6.45) is 0. The summed E-state index contributed by atoms with van der Waals surface area (Å²) in [5.41, 5.74) is -0.888. The molecule has 0 spiro atoms. The summed E-state index contributed by atoms with van der Waals surface area (Å²) in [5, 5.41) is 0. The summed E-state index contributed by atoms with van der Waals surface area (Å²) in [6, 6.07) is 6.53. The lowest BCUT2D eigenvalue weighted by Gasteiger charge is -2.09. The zero-order valence-corrected chi connectivity index (χ0v) is 10.2. The number of methoxy groups -OCH3 is 1. The van der Waals surface area contributed by atoms with Gasteiger partial charge in [0.15, 0.2) is 17.3 Å². The third-order valence-electron chi connectivity index (χ3n) is 2.38. The fourth-order valence-corrected chi connectivity index (χ4v) is 1.48. The average molecular weight is 283 g/mol. The molecule has 0 amide bonds. The Bertz CT molecular complexity index is 661. The van der Waals surface area contributed by atoms with Gasteiger partial charge in [0.2, 0.25) is 5.95 Å². The Labute approximate surface area is 111 Å². The van der Waals surface area contributed by atoms with Gasteiger partial charge in [-0.3, -0.25) is 0 Å². The van der Waals surface area contributed by atoms with Crippen LogP contribution in [0, 0.1) is 17.7 Å². The van der Waals surface area contributed by atoms with Crippen LogP contribution in [0.5, 0.6) is 11.5 Å². The maximum Gasteiger partial charge on any atom is 0.347 e. The molecule has 0 aliphatic carbocycles. The molecule has 0 atom stereocenters. The quantitative estimate of drug-likeness (QED) is 0.493. The van der Waals surface area contributed by atoms with Gasteiger partial charge in [-0.1, -0.05) is 12.1 Å². The van der Waals surface area contributed by atoms with E-state index in [0.717, 1.165) is 0 Å². The molecule has 0 N–H and O–H groups in total. The summed E-state index contributed by atoms with van der Waals surface area (Å²) < 4.78 is 49.0. The molecule has 0 saturated carbocycles. The van der Waals surface area contributed by atoms with Gasteiger partial charge in [-0.05, 0) is 12.1 Å². The van der Waals surface area contributed by atoms with Crippen LogP contribution in [0.25, 0.3) is 0 Å². The topological polar surface area (TPSA) is 48.4 Å². The van der Waals surface area contributed by atoms with E-state index in [0.29, 0.717) is 6.07 Å². The van der Waals surface area contributed by atoms with Crippen LogP contribution < -0.4 is 9.47 Å². The van der Waals surface area contributed by atoms with E-state index in [-0.39, 0.29) is 11.5 Å². The molecule has 1 aromatic heterocycles. The maximum atomic E-state index is 13.4. The van der Waals surface area contributed by atoms with Gasteiger partial charge in [0.05, 0.1) is 7.11 Å². The molecular formula is C13H8F3NO3. The Kier molecular flexibility index (Phi) is 3.88. The number of ether oxygens (including phenoxy) is 2. The smallest absolute Gasteiger partial charge is 0.347 e. The van der Waals surface area contributed by atoms with Crippen molar-refractivity contribution in [2.75, 3.05) is 7.11 Å². The number of hydrogen-bond acceptors (Lipinski definition) is 4. The molecule has 0 aliphatic heterocycles. The van der Waals surface area contributed by atoms with Crippen LogP contribution in [0.15, 0.2) is 30.3 Å².